The number of aromatic amines is 1. The molecule has 1 aromatic carbocycles. The van der Waals surface area contributed by atoms with Crippen LogP contribution in [0.4, 0.5) is 0 Å². The number of aromatic nitrogens is 1. The normalized spacial score (nSPS) is 22.0. The van der Waals surface area contributed by atoms with Crippen LogP contribution in [0.15, 0.2) is 24.4 Å². The number of hydrogen-bond donors (Lipinski definition) is 2. The van der Waals surface area contributed by atoms with Gasteiger partial charge < -0.3 is 10.3 Å². The highest BCUT2D eigenvalue weighted by atomic mass is 14.9. The summed E-state index contributed by atoms with van der Waals surface area (Å²) in [5, 5.41) is 13.6. The van der Waals surface area contributed by atoms with Gasteiger partial charge in [0, 0.05) is 17.1 Å². The van der Waals surface area contributed by atoms with Crippen molar-refractivity contribution < 1.29 is 0 Å². The van der Waals surface area contributed by atoms with Gasteiger partial charge in [-0.3, -0.25) is 0 Å². The van der Waals surface area contributed by atoms with Crippen LogP contribution in [0.5, 0.6) is 0 Å². The molecule has 1 aliphatic carbocycles. The molecule has 18 heavy (non-hydrogen) atoms. The number of fused-ring (bicyclic) bond motifs is 1. The second-order valence-corrected chi connectivity index (χ2v) is 5.03. The topological polar surface area (TPSA) is 51.6 Å². The third kappa shape index (κ3) is 1.89. The van der Waals surface area contributed by atoms with Crippen molar-refractivity contribution in [2.45, 2.75) is 19.3 Å². The molecule has 1 aliphatic rings. The maximum absolute atomic E-state index is 8.89. The molecule has 1 heterocycles. The van der Waals surface area contributed by atoms with Gasteiger partial charge in [-0.05, 0) is 49.0 Å². The van der Waals surface area contributed by atoms with Crippen LogP contribution >= 0.6 is 0 Å². The lowest BCUT2D eigenvalue weighted by atomic mass is 10.1. The highest BCUT2D eigenvalue weighted by molar-refractivity contribution is 5.85. The standard InChI is InChI=1S/C15H17N3/c1-2-17-8-11-6-13(11)14-9-18-15-5-10(7-16)3-4-12(14)15/h3-5,9,11,13,17-18H,2,6,8H2,1H3/t11-,13+/m0/s1. The molecule has 0 bridgehead atoms. The summed E-state index contributed by atoms with van der Waals surface area (Å²) in [5.41, 5.74) is 3.21. The summed E-state index contributed by atoms with van der Waals surface area (Å²) in [6.45, 7) is 4.30. The summed E-state index contributed by atoms with van der Waals surface area (Å²) < 4.78 is 0. The number of rotatable bonds is 4. The minimum Gasteiger partial charge on any atom is -0.361 e. The van der Waals surface area contributed by atoms with Crippen molar-refractivity contribution >= 4 is 10.9 Å². The van der Waals surface area contributed by atoms with Crippen LogP contribution in [-0.4, -0.2) is 18.1 Å². The zero-order valence-electron chi connectivity index (χ0n) is 10.5. The Labute approximate surface area is 107 Å². The number of hydrogen-bond acceptors (Lipinski definition) is 2. The summed E-state index contributed by atoms with van der Waals surface area (Å²) in [7, 11) is 0. The Morgan fingerprint density at radius 3 is 3.17 bits per heavy atom. The Kier molecular flexibility index (Phi) is 2.81. The van der Waals surface area contributed by atoms with E-state index >= 15 is 0 Å². The maximum atomic E-state index is 8.89. The first-order valence-electron chi connectivity index (χ1n) is 6.55. The molecule has 2 aromatic rings. The number of H-pyrrole nitrogens is 1. The highest BCUT2D eigenvalue weighted by Gasteiger charge is 2.38. The first-order valence-corrected chi connectivity index (χ1v) is 6.55. The van der Waals surface area contributed by atoms with E-state index in [1.54, 1.807) is 0 Å². The van der Waals surface area contributed by atoms with Gasteiger partial charge in [0.15, 0.2) is 0 Å². The maximum Gasteiger partial charge on any atom is 0.0992 e. The fourth-order valence-corrected chi connectivity index (χ4v) is 2.71. The van der Waals surface area contributed by atoms with Crippen molar-refractivity contribution in [2.24, 2.45) is 5.92 Å². The second-order valence-electron chi connectivity index (χ2n) is 5.03. The van der Waals surface area contributed by atoms with Gasteiger partial charge in [0.2, 0.25) is 0 Å². The van der Waals surface area contributed by atoms with Crippen LogP contribution in [0.2, 0.25) is 0 Å². The summed E-state index contributed by atoms with van der Waals surface area (Å²) in [4.78, 5) is 3.29. The highest BCUT2D eigenvalue weighted by Crippen LogP contribution is 2.49. The molecule has 1 fully saturated rings. The molecule has 0 unspecified atom stereocenters. The minimum absolute atomic E-state index is 0.686. The molecule has 3 nitrogen and oxygen atoms in total. The van der Waals surface area contributed by atoms with Crippen LogP contribution in [0.1, 0.15) is 30.4 Å². The van der Waals surface area contributed by atoms with E-state index in [-0.39, 0.29) is 0 Å². The molecule has 2 atom stereocenters. The zero-order valence-corrected chi connectivity index (χ0v) is 10.5. The monoisotopic (exact) mass is 239 g/mol. The number of benzene rings is 1. The van der Waals surface area contributed by atoms with Crippen molar-refractivity contribution in [2.75, 3.05) is 13.1 Å². The van der Waals surface area contributed by atoms with Crippen LogP contribution in [0.3, 0.4) is 0 Å². The molecule has 0 aliphatic heterocycles. The van der Waals surface area contributed by atoms with Crippen molar-refractivity contribution in [1.29, 1.82) is 5.26 Å². The Morgan fingerprint density at radius 2 is 2.39 bits per heavy atom. The Balaban J connectivity index is 1.84. The molecule has 2 N–H and O–H groups in total. The van der Waals surface area contributed by atoms with Gasteiger partial charge in [-0.25, -0.2) is 0 Å². The lowest BCUT2D eigenvalue weighted by molar-refractivity contribution is 0.650. The van der Waals surface area contributed by atoms with Gasteiger partial charge in [0.25, 0.3) is 0 Å². The third-order valence-electron chi connectivity index (χ3n) is 3.82. The van der Waals surface area contributed by atoms with E-state index in [9.17, 15) is 0 Å². The Hall–Kier alpha value is -1.79. The van der Waals surface area contributed by atoms with Crippen molar-refractivity contribution in [3.05, 3.63) is 35.5 Å². The predicted octanol–water partition coefficient (Wildman–Crippen LogP) is 2.75. The van der Waals surface area contributed by atoms with Crippen molar-refractivity contribution in [3.8, 4) is 6.07 Å². The van der Waals surface area contributed by atoms with Gasteiger partial charge in [-0.2, -0.15) is 5.26 Å². The van der Waals surface area contributed by atoms with Crippen molar-refractivity contribution in [1.82, 2.24) is 10.3 Å². The van der Waals surface area contributed by atoms with Gasteiger partial charge in [0.1, 0.15) is 0 Å². The van der Waals surface area contributed by atoms with Crippen molar-refractivity contribution in [3.63, 3.8) is 0 Å². The predicted molar refractivity (Wildman–Crippen MR) is 72.4 cm³/mol. The summed E-state index contributed by atoms with van der Waals surface area (Å²) in [5.74, 6) is 1.46. The van der Waals surface area contributed by atoms with Crippen LogP contribution in [0, 0.1) is 17.2 Å². The Morgan fingerprint density at radius 1 is 1.50 bits per heavy atom. The number of nitrogens with zero attached hydrogens (tertiary/aromatic N) is 1. The van der Waals surface area contributed by atoms with E-state index in [4.69, 9.17) is 5.26 Å². The summed E-state index contributed by atoms with van der Waals surface area (Å²) in [6, 6.07) is 8.09. The molecular weight excluding hydrogens is 222 g/mol. The molecule has 3 heteroatoms. The molecule has 1 saturated carbocycles. The van der Waals surface area contributed by atoms with Gasteiger partial charge >= 0.3 is 0 Å². The number of nitriles is 1. The van der Waals surface area contributed by atoms with E-state index in [0.717, 1.165) is 30.1 Å². The average Bonchev–Trinajstić information content (AvgIpc) is 3.05. The molecule has 0 spiro atoms. The third-order valence-corrected chi connectivity index (χ3v) is 3.82. The van der Waals surface area contributed by atoms with Gasteiger partial charge in [0.05, 0.1) is 11.6 Å². The summed E-state index contributed by atoms with van der Waals surface area (Å²) in [6.07, 6.45) is 3.39. The minimum atomic E-state index is 0.686. The quantitative estimate of drug-likeness (QED) is 0.862. The molecule has 0 amide bonds. The van der Waals surface area contributed by atoms with E-state index in [1.165, 1.54) is 17.4 Å². The second kappa shape index (κ2) is 4.47. The van der Waals surface area contributed by atoms with Crippen LogP contribution < -0.4 is 5.32 Å². The van der Waals surface area contributed by atoms with Gasteiger partial charge in [-0.15, -0.1) is 0 Å². The molecular formula is C15H17N3. The first kappa shape index (κ1) is 11.3. The smallest absolute Gasteiger partial charge is 0.0992 e. The van der Waals surface area contributed by atoms with Crippen LogP contribution in [-0.2, 0) is 0 Å². The zero-order chi connectivity index (χ0) is 12.5. The first-order chi connectivity index (χ1) is 8.83. The molecule has 92 valence electrons. The molecule has 1 aromatic heterocycles. The van der Waals surface area contributed by atoms with E-state index < -0.39 is 0 Å². The number of nitrogens with one attached hydrogen (secondary N) is 2. The lowest BCUT2D eigenvalue weighted by Gasteiger charge is -2.00. The largest absolute Gasteiger partial charge is 0.361 e. The van der Waals surface area contributed by atoms with E-state index in [1.807, 2.05) is 12.1 Å². The molecule has 3 rings (SSSR count). The Bertz CT molecular complexity index is 606. The van der Waals surface area contributed by atoms with E-state index in [2.05, 4.69) is 35.6 Å². The average molecular weight is 239 g/mol. The molecule has 0 radical (unpaired) electrons. The lowest BCUT2D eigenvalue weighted by Crippen LogP contribution is -2.16. The fraction of sp³-hybridized carbons (Fsp3) is 0.400. The van der Waals surface area contributed by atoms with Crippen LogP contribution in [0.25, 0.3) is 10.9 Å². The SMILES string of the molecule is CCNC[C@@H]1C[C@H]1c1c[nH]c2cc(C#N)ccc12. The molecule has 0 saturated heterocycles. The fourth-order valence-electron chi connectivity index (χ4n) is 2.71. The van der Waals surface area contributed by atoms with E-state index in [0.29, 0.717) is 5.92 Å². The summed E-state index contributed by atoms with van der Waals surface area (Å²) >= 11 is 0. The van der Waals surface area contributed by atoms with Gasteiger partial charge in [-0.1, -0.05) is 13.0 Å².